The lowest BCUT2D eigenvalue weighted by molar-refractivity contribution is -0.114. The molecule has 1 fully saturated rings. The number of amides is 1. The fourth-order valence-corrected chi connectivity index (χ4v) is 6.43. The van der Waals surface area contributed by atoms with Crippen molar-refractivity contribution >= 4 is 27.3 Å². The summed E-state index contributed by atoms with van der Waals surface area (Å²) in [5, 5.41) is 2.16. The summed E-state index contributed by atoms with van der Waals surface area (Å²) in [5.41, 5.74) is 10.3. The molecule has 0 radical (unpaired) electrons. The maximum Gasteiger partial charge on any atom is 0.245 e. The molecule has 1 amide bonds. The van der Waals surface area contributed by atoms with Crippen molar-refractivity contribution in [2.45, 2.75) is 64.8 Å². The SMILES string of the molecule is Cc1cc(C)cc(NC(=O)CN(c2ccc(C(C)C)cc2)S(=O)(=O)C2C(C)NNC2C)c1. The lowest BCUT2D eigenvalue weighted by atomic mass is 10.0. The Kier molecular flexibility index (Phi) is 7.27. The van der Waals surface area contributed by atoms with Gasteiger partial charge in [0, 0.05) is 17.8 Å². The van der Waals surface area contributed by atoms with Gasteiger partial charge in [0.2, 0.25) is 15.9 Å². The number of hydrogen-bond donors (Lipinski definition) is 3. The van der Waals surface area contributed by atoms with Crippen molar-refractivity contribution in [2.24, 2.45) is 0 Å². The monoisotopic (exact) mass is 458 g/mol. The lowest BCUT2D eigenvalue weighted by Crippen LogP contribution is -2.49. The maximum atomic E-state index is 13.7. The first-order valence-corrected chi connectivity index (χ1v) is 12.5. The van der Waals surface area contributed by atoms with Crippen molar-refractivity contribution < 1.29 is 13.2 Å². The van der Waals surface area contributed by atoms with Crippen molar-refractivity contribution in [1.82, 2.24) is 10.9 Å². The van der Waals surface area contributed by atoms with Crippen molar-refractivity contribution in [3.05, 3.63) is 59.2 Å². The third-order valence-electron chi connectivity index (χ3n) is 5.82. The molecule has 2 aromatic rings. The molecule has 8 heteroatoms. The molecule has 3 rings (SSSR count). The molecule has 1 aliphatic rings. The van der Waals surface area contributed by atoms with Gasteiger partial charge in [0.15, 0.2) is 0 Å². The highest BCUT2D eigenvalue weighted by Crippen LogP contribution is 2.27. The molecule has 32 heavy (non-hydrogen) atoms. The average molecular weight is 459 g/mol. The van der Waals surface area contributed by atoms with E-state index < -0.39 is 15.3 Å². The van der Waals surface area contributed by atoms with Gasteiger partial charge >= 0.3 is 0 Å². The second kappa shape index (κ2) is 9.60. The smallest absolute Gasteiger partial charge is 0.245 e. The molecule has 0 spiro atoms. The van der Waals surface area contributed by atoms with Gasteiger partial charge in [-0.3, -0.25) is 20.0 Å². The second-order valence-electron chi connectivity index (χ2n) is 9.05. The predicted molar refractivity (Wildman–Crippen MR) is 130 cm³/mol. The summed E-state index contributed by atoms with van der Waals surface area (Å²) in [7, 11) is -3.84. The van der Waals surface area contributed by atoms with E-state index in [2.05, 4.69) is 30.0 Å². The van der Waals surface area contributed by atoms with Crippen LogP contribution >= 0.6 is 0 Å². The van der Waals surface area contributed by atoms with Crippen LogP contribution in [0.15, 0.2) is 42.5 Å². The first-order valence-electron chi connectivity index (χ1n) is 11.0. The highest BCUT2D eigenvalue weighted by Gasteiger charge is 2.44. The minimum Gasteiger partial charge on any atom is -0.324 e. The number of benzene rings is 2. The quantitative estimate of drug-likeness (QED) is 0.591. The molecule has 1 saturated heterocycles. The number of rotatable bonds is 7. The number of sulfonamides is 1. The summed E-state index contributed by atoms with van der Waals surface area (Å²) in [5.74, 6) is -0.0593. The minimum atomic E-state index is -3.84. The zero-order chi connectivity index (χ0) is 23.6. The first kappa shape index (κ1) is 24.2. The van der Waals surface area contributed by atoms with Gasteiger partial charge in [-0.15, -0.1) is 0 Å². The van der Waals surface area contributed by atoms with Crippen LogP contribution in [0.2, 0.25) is 0 Å². The van der Waals surface area contributed by atoms with Gasteiger partial charge in [-0.25, -0.2) is 8.42 Å². The number of nitrogens with zero attached hydrogens (tertiary/aromatic N) is 1. The summed E-state index contributed by atoms with van der Waals surface area (Å²) < 4.78 is 28.7. The van der Waals surface area contributed by atoms with Gasteiger partial charge in [0.1, 0.15) is 11.8 Å². The number of hydrazine groups is 1. The third-order valence-corrected chi connectivity index (χ3v) is 8.27. The molecule has 2 atom stereocenters. The van der Waals surface area contributed by atoms with Gasteiger partial charge in [-0.1, -0.05) is 32.0 Å². The Hall–Kier alpha value is -2.42. The van der Waals surface area contributed by atoms with Crippen LogP contribution in [0.3, 0.4) is 0 Å². The number of anilines is 2. The summed E-state index contributed by atoms with van der Waals surface area (Å²) in [6.07, 6.45) is 0. The van der Waals surface area contributed by atoms with Crippen molar-refractivity contribution in [3.63, 3.8) is 0 Å². The van der Waals surface area contributed by atoms with Crippen molar-refractivity contribution in [1.29, 1.82) is 0 Å². The molecular formula is C24H34N4O3S. The molecule has 1 heterocycles. The van der Waals surface area contributed by atoms with Crippen LogP contribution in [0.4, 0.5) is 11.4 Å². The van der Waals surface area contributed by atoms with Gasteiger partial charge in [0.25, 0.3) is 0 Å². The van der Waals surface area contributed by atoms with Gasteiger partial charge in [-0.2, -0.15) is 0 Å². The summed E-state index contributed by atoms with van der Waals surface area (Å²) >= 11 is 0. The fraction of sp³-hybridized carbons (Fsp3) is 0.458. The number of carbonyl (C=O) groups excluding carboxylic acids is 1. The third kappa shape index (κ3) is 5.31. The van der Waals surface area contributed by atoms with Gasteiger partial charge < -0.3 is 5.32 Å². The van der Waals surface area contributed by atoms with E-state index in [1.807, 2.05) is 58.0 Å². The van der Waals surface area contributed by atoms with Crippen LogP contribution in [0.25, 0.3) is 0 Å². The molecular weight excluding hydrogens is 424 g/mol. The second-order valence-corrected chi connectivity index (χ2v) is 11.1. The molecule has 7 nitrogen and oxygen atoms in total. The Bertz CT molecular complexity index is 1040. The Labute approximate surface area is 191 Å². The molecule has 1 aliphatic heterocycles. The molecule has 3 N–H and O–H groups in total. The van der Waals surface area contributed by atoms with E-state index in [0.29, 0.717) is 17.3 Å². The maximum absolute atomic E-state index is 13.7. The van der Waals surface area contributed by atoms with Crippen LogP contribution in [0.1, 0.15) is 50.3 Å². The van der Waals surface area contributed by atoms with Crippen LogP contribution in [-0.2, 0) is 14.8 Å². The lowest BCUT2D eigenvalue weighted by Gasteiger charge is -2.30. The largest absolute Gasteiger partial charge is 0.324 e. The van der Waals surface area contributed by atoms with Crippen LogP contribution < -0.4 is 20.5 Å². The predicted octanol–water partition coefficient (Wildman–Crippen LogP) is 3.46. The van der Waals surface area contributed by atoms with E-state index in [0.717, 1.165) is 16.7 Å². The number of aryl methyl sites for hydroxylation is 2. The molecule has 0 saturated carbocycles. The number of carbonyl (C=O) groups is 1. The zero-order valence-corrected chi connectivity index (χ0v) is 20.5. The van der Waals surface area contributed by atoms with E-state index in [4.69, 9.17) is 0 Å². The molecule has 2 unspecified atom stereocenters. The molecule has 0 aromatic heterocycles. The van der Waals surface area contributed by atoms with E-state index in [1.165, 1.54) is 4.31 Å². The Morgan fingerprint density at radius 1 is 1.00 bits per heavy atom. The summed E-state index contributed by atoms with van der Waals surface area (Å²) in [6.45, 7) is 11.4. The molecule has 174 valence electrons. The summed E-state index contributed by atoms with van der Waals surface area (Å²) in [4.78, 5) is 13.0. The van der Waals surface area contributed by atoms with Crippen LogP contribution in [0, 0.1) is 13.8 Å². The number of nitrogens with one attached hydrogen (secondary N) is 3. The van der Waals surface area contributed by atoms with Crippen molar-refractivity contribution in [2.75, 3.05) is 16.2 Å². The molecule has 0 bridgehead atoms. The van der Waals surface area contributed by atoms with E-state index in [1.54, 1.807) is 12.1 Å². The Morgan fingerprint density at radius 2 is 1.53 bits per heavy atom. The fourth-order valence-electron chi connectivity index (χ4n) is 4.25. The van der Waals surface area contributed by atoms with Gasteiger partial charge in [-0.05, 0) is 74.6 Å². The van der Waals surface area contributed by atoms with E-state index >= 15 is 0 Å². The van der Waals surface area contributed by atoms with Crippen molar-refractivity contribution in [3.8, 4) is 0 Å². The van der Waals surface area contributed by atoms with Gasteiger partial charge in [0.05, 0.1) is 5.69 Å². The normalized spacial score (nSPS) is 21.0. The highest BCUT2D eigenvalue weighted by atomic mass is 32.2. The number of hydrogen-bond acceptors (Lipinski definition) is 5. The van der Waals surface area contributed by atoms with E-state index in [-0.39, 0.29) is 24.5 Å². The minimum absolute atomic E-state index is 0.296. The zero-order valence-electron chi connectivity index (χ0n) is 19.6. The Morgan fingerprint density at radius 3 is 2.03 bits per heavy atom. The average Bonchev–Trinajstić information content (AvgIpc) is 3.04. The van der Waals surface area contributed by atoms with E-state index in [9.17, 15) is 13.2 Å². The Balaban J connectivity index is 1.93. The molecule has 2 aromatic carbocycles. The standard InChI is InChI=1S/C24H34N4O3S/c1-15(2)20-7-9-22(10-8-20)28(32(30,31)24-18(5)26-27-19(24)6)14-23(29)25-21-12-16(3)11-17(4)13-21/h7-13,15,18-19,24,26-27H,14H2,1-6H3,(H,25,29). The first-order chi connectivity index (χ1) is 15.0. The van der Waals surface area contributed by atoms with Crippen LogP contribution in [-0.4, -0.2) is 38.2 Å². The molecule has 0 aliphatic carbocycles. The van der Waals surface area contributed by atoms with Crippen LogP contribution in [0.5, 0.6) is 0 Å². The topological polar surface area (TPSA) is 90.5 Å². The summed E-state index contributed by atoms with van der Waals surface area (Å²) in [6, 6.07) is 12.6. The highest BCUT2D eigenvalue weighted by molar-refractivity contribution is 7.93.